The van der Waals surface area contributed by atoms with E-state index in [0.29, 0.717) is 12.0 Å². The number of hydrogen-bond donors (Lipinski definition) is 2. The molecule has 0 aromatic carbocycles. The number of fused-ring (bicyclic) bond motifs is 3. The Balaban J connectivity index is 1.59. The van der Waals surface area contributed by atoms with Gasteiger partial charge in [-0.1, -0.05) is 5.21 Å². The van der Waals surface area contributed by atoms with E-state index in [0.717, 1.165) is 44.7 Å². The second kappa shape index (κ2) is 6.97. The Kier molecular flexibility index (Phi) is 4.96. The molecule has 3 fully saturated rings. The standard InChI is InChI=1S/C16H28N6O/c1-11(2)18-16(23)15-10-21-5-4-12(15)6-14(21)9-22-8-13(7-17-3)19-20-22/h8,11-12,14-15,17H,4-7,9-10H2,1-3H3,(H,18,23)/t12-,14+,15-/m0/s1. The van der Waals surface area contributed by atoms with Gasteiger partial charge in [-0.15, -0.1) is 5.10 Å². The first-order chi connectivity index (χ1) is 11.1. The third-order valence-electron chi connectivity index (χ3n) is 4.99. The van der Waals surface area contributed by atoms with Crippen molar-refractivity contribution in [3.63, 3.8) is 0 Å². The van der Waals surface area contributed by atoms with Crippen molar-refractivity contribution in [1.82, 2.24) is 30.5 Å². The zero-order valence-electron chi connectivity index (χ0n) is 14.3. The summed E-state index contributed by atoms with van der Waals surface area (Å²) < 4.78 is 1.95. The van der Waals surface area contributed by atoms with E-state index in [-0.39, 0.29) is 17.9 Å². The van der Waals surface area contributed by atoms with E-state index in [2.05, 4.69) is 25.8 Å². The molecule has 23 heavy (non-hydrogen) atoms. The third kappa shape index (κ3) is 3.72. The van der Waals surface area contributed by atoms with Crippen LogP contribution in [0.1, 0.15) is 32.4 Å². The maximum absolute atomic E-state index is 12.4. The molecule has 0 aliphatic carbocycles. The van der Waals surface area contributed by atoms with Crippen molar-refractivity contribution >= 4 is 5.91 Å². The van der Waals surface area contributed by atoms with Crippen molar-refractivity contribution in [1.29, 1.82) is 0 Å². The quantitative estimate of drug-likeness (QED) is 0.785. The largest absolute Gasteiger partial charge is 0.354 e. The average Bonchev–Trinajstić information content (AvgIpc) is 2.95. The summed E-state index contributed by atoms with van der Waals surface area (Å²) in [7, 11) is 1.91. The lowest BCUT2D eigenvalue weighted by Crippen LogP contribution is -2.58. The summed E-state index contributed by atoms with van der Waals surface area (Å²) in [4.78, 5) is 14.8. The summed E-state index contributed by atoms with van der Waals surface area (Å²) in [6.45, 7) is 7.63. The van der Waals surface area contributed by atoms with E-state index in [1.54, 1.807) is 0 Å². The van der Waals surface area contributed by atoms with Crippen LogP contribution in [0.15, 0.2) is 6.20 Å². The molecule has 0 saturated carbocycles. The van der Waals surface area contributed by atoms with Gasteiger partial charge in [0.05, 0.1) is 18.2 Å². The second-order valence-corrected chi connectivity index (χ2v) is 7.17. The number of amides is 1. The molecule has 3 aliphatic heterocycles. The lowest BCUT2D eigenvalue weighted by molar-refractivity contribution is -0.133. The van der Waals surface area contributed by atoms with Gasteiger partial charge in [0.1, 0.15) is 0 Å². The van der Waals surface area contributed by atoms with Crippen molar-refractivity contribution in [3.8, 4) is 0 Å². The summed E-state index contributed by atoms with van der Waals surface area (Å²) in [6.07, 6.45) is 4.23. The Morgan fingerprint density at radius 1 is 1.48 bits per heavy atom. The molecule has 4 heterocycles. The van der Waals surface area contributed by atoms with Crippen LogP contribution in [0, 0.1) is 11.8 Å². The number of nitrogens with one attached hydrogen (secondary N) is 2. The zero-order valence-corrected chi connectivity index (χ0v) is 14.3. The molecule has 7 heteroatoms. The third-order valence-corrected chi connectivity index (χ3v) is 4.99. The minimum atomic E-state index is 0.151. The highest BCUT2D eigenvalue weighted by atomic mass is 16.2. The van der Waals surface area contributed by atoms with Gasteiger partial charge in [0.25, 0.3) is 0 Å². The smallest absolute Gasteiger partial charge is 0.224 e. The summed E-state index contributed by atoms with van der Waals surface area (Å²) in [5, 5.41) is 14.6. The van der Waals surface area contributed by atoms with Gasteiger partial charge in [0.2, 0.25) is 5.91 Å². The fourth-order valence-corrected chi connectivity index (χ4v) is 3.92. The number of nitrogens with zero attached hydrogens (tertiary/aromatic N) is 4. The molecule has 1 aromatic heterocycles. The molecule has 1 unspecified atom stereocenters. The van der Waals surface area contributed by atoms with Crippen LogP contribution in [0.5, 0.6) is 0 Å². The first-order valence-corrected chi connectivity index (χ1v) is 8.65. The Hall–Kier alpha value is -1.47. The SMILES string of the molecule is CNCc1cn(C[C@H]2C[C@@H]3CCN2C[C@@H]3C(=O)NC(C)C)nn1. The van der Waals surface area contributed by atoms with E-state index in [1.807, 2.05) is 31.8 Å². The highest BCUT2D eigenvalue weighted by molar-refractivity contribution is 5.79. The minimum Gasteiger partial charge on any atom is -0.354 e. The molecule has 2 N–H and O–H groups in total. The van der Waals surface area contributed by atoms with Gasteiger partial charge >= 0.3 is 0 Å². The molecule has 7 nitrogen and oxygen atoms in total. The average molecular weight is 320 g/mol. The van der Waals surface area contributed by atoms with Crippen molar-refractivity contribution in [2.24, 2.45) is 11.8 Å². The summed E-state index contributed by atoms with van der Waals surface area (Å²) in [5.41, 5.74) is 0.970. The van der Waals surface area contributed by atoms with E-state index in [4.69, 9.17) is 0 Å². The highest BCUT2D eigenvalue weighted by Crippen LogP contribution is 2.36. The van der Waals surface area contributed by atoms with Gasteiger partial charge < -0.3 is 10.6 Å². The lowest BCUT2D eigenvalue weighted by atomic mass is 9.75. The van der Waals surface area contributed by atoms with Gasteiger partial charge in [0, 0.05) is 31.4 Å². The Morgan fingerprint density at radius 3 is 2.96 bits per heavy atom. The maximum atomic E-state index is 12.4. The Bertz CT molecular complexity index is 542. The summed E-state index contributed by atoms with van der Waals surface area (Å²) >= 11 is 0. The van der Waals surface area contributed by atoms with Gasteiger partial charge in [-0.2, -0.15) is 0 Å². The van der Waals surface area contributed by atoms with E-state index in [1.165, 1.54) is 0 Å². The van der Waals surface area contributed by atoms with Crippen molar-refractivity contribution < 1.29 is 4.79 Å². The molecule has 0 spiro atoms. The minimum absolute atomic E-state index is 0.151. The predicted molar refractivity (Wildman–Crippen MR) is 87.6 cm³/mol. The van der Waals surface area contributed by atoms with Crippen LogP contribution < -0.4 is 10.6 Å². The molecule has 128 valence electrons. The predicted octanol–water partition coefficient (Wildman–Crippen LogP) is 0.233. The van der Waals surface area contributed by atoms with Gasteiger partial charge in [-0.3, -0.25) is 14.4 Å². The van der Waals surface area contributed by atoms with Crippen LogP contribution in [0.25, 0.3) is 0 Å². The molecule has 3 saturated heterocycles. The molecule has 3 aliphatic rings. The van der Waals surface area contributed by atoms with Gasteiger partial charge in [-0.05, 0) is 46.2 Å². The van der Waals surface area contributed by atoms with E-state index >= 15 is 0 Å². The maximum Gasteiger partial charge on any atom is 0.224 e. The molecule has 2 bridgehead atoms. The van der Waals surface area contributed by atoms with Crippen LogP contribution in [0.2, 0.25) is 0 Å². The highest BCUT2D eigenvalue weighted by Gasteiger charge is 2.43. The lowest BCUT2D eigenvalue weighted by Gasteiger charge is -2.49. The van der Waals surface area contributed by atoms with Crippen LogP contribution in [-0.4, -0.2) is 58.0 Å². The number of rotatable bonds is 6. The van der Waals surface area contributed by atoms with Crippen LogP contribution >= 0.6 is 0 Å². The zero-order chi connectivity index (χ0) is 16.4. The fraction of sp³-hybridized carbons (Fsp3) is 0.812. The monoisotopic (exact) mass is 320 g/mol. The topological polar surface area (TPSA) is 75.1 Å². The molecule has 0 radical (unpaired) electrons. The van der Waals surface area contributed by atoms with E-state index < -0.39 is 0 Å². The molecular formula is C16H28N6O. The van der Waals surface area contributed by atoms with Crippen LogP contribution in [0.3, 0.4) is 0 Å². The first-order valence-electron chi connectivity index (χ1n) is 8.65. The summed E-state index contributed by atoms with van der Waals surface area (Å²) in [6, 6.07) is 0.690. The number of carbonyl (C=O) groups is 1. The molecule has 1 amide bonds. The van der Waals surface area contributed by atoms with E-state index in [9.17, 15) is 4.79 Å². The molecule has 1 aromatic rings. The molecular weight excluding hydrogens is 292 g/mol. The summed E-state index contributed by atoms with van der Waals surface area (Å²) in [5.74, 6) is 0.882. The second-order valence-electron chi connectivity index (χ2n) is 7.17. The van der Waals surface area contributed by atoms with Crippen LogP contribution in [0.4, 0.5) is 0 Å². The first kappa shape index (κ1) is 16.4. The Morgan fingerprint density at radius 2 is 2.30 bits per heavy atom. The van der Waals surface area contributed by atoms with Crippen molar-refractivity contribution in [3.05, 3.63) is 11.9 Å². The Labute approximate surface area is 137 Å². The van der Waals surface area contributed by atoms with Gasteiger partial charge in [0.15, 0.2) is 0 Å². The number of hydrogen-bond acceptors (Lipinski definition) is 5. The molecule has 4 atom stereocenters. The fourth-order valence-electron chi connectivity index (χ4n) is 3.92. The van der Waals surface area contributed by atoms with Gasteiger partial charge in [-0.25, -0.2) is 0 Å². The normalized spacial score (nSPS) is 29.9. The van der Waals surface area contributed by atoms with Crippen LogP contribution in [-0.2, 0) is 17.9 Å². The number of piperidine rings is 3. The van der Waals surface area contributed by atoms with Crippen molar-refractivity contribution in [2.45, 2.75) is 51.9 Å². The number of carbonyl (C=O) groups excluding carboxylic acids is 1. The van der Waals surface area contributed by atoms with Crippen molar-refractivity contribution in [2.75, 3.05) is 20.1 Å². The number of aromatic nitrogens is 3. The molecule has 4 rings (SSSR count).